The fraction of sp³-hybridized carbons (Fsp3) is 0.143. The average molecular weight is 347 g/mol. The smallest absolute Gasteiger partial charge is 0.354 e. The Balaban J connectivity index is 2.21. The van der Waals surface area contributed by atoms with Crippen molar-refractivity contribution >= 4 is 40.8 Å². The zero-order chi connectivity index (χ0) is 15.6. The molecule has 0 aliphatic rings. The number of nitrogens with zero attached hydrogens (tertiary/aromatic N) is 1. The van der Waals surface area contributed by atoms with E-state index in [0.29, 0.717) is 16.5 Å². The van der Waals surface area contributed by atoms with Crippen LogP contribution in [0.3, 0.4) is 0 Å². The lowest BCUT2D eigenvalue weighted by atomic mass is 10.2. The van der Waals surface area contributed by atoms with Crippen LogP contribution in [0.25, 0.3) is 0 Å². The number of aromatic carboxylic acids is 1. The molecule has 0 atom stereocenters. The van der Waals surface area contributed by atoms with Gasteiger partial charge >= 0.3 is 5.97 Å². The summed E-state index contributed by atoms with van der Waals surface area (Å²) in [6.45, 7) is 1.85. The van der Waals surface area contributed by atoms with Crippen molar-refractivity contribution in [1.82, 2.24) is 4.98 Å². The molecule has 7 heteroatoms. The van der Waals surface area contributed by atoms with Gasteiger partial charge in [0.15, 0.2) is 0 Å². The maximum atomic E-state index is 11.0. The van der Waals surface area contributed by atoms with Crippen molar-refractivity contribution in [2.24, 2.45) is 0 Å². The molecule has 4 nitrogen and oxygen atoms in total. The van der Waals surface area contributed by atoms with Crippen LogP contribution in [0.2, 0.25) is 15.1 Å². The van der Waals surface area contributed by atoms with Crippen molar-refractivity contribution in [3.8, 4) is 5.75 Å². The van der Waals surface area contributed by atoms with Gasteiger partial charge in [0.2, 0.25) is 0 Å². The van der Waals surface area contributed by atoms with Crippen molar-refractivity contribution in [3.05, 3.63) is 56.3 Å². The van der Waals surface area contributed by atoms with Gasteiger partial charge in [0.1, 0.15) is 23.1 Å². The molecule has 0 spiro atoms. The Kier molecular flexibility index (Phi) is 4.93. The van der Waals surface area contributed by atoms with Gasteiger partial charge < -0.3 is 9.84 Å². The molecule has 2 rings (SSSR count). The Labute approximate surface area is 136 Å². The number of hydrogen-bond acceptors (Lipinski definition) is 3. The fourth-order valence-corrected chi connectivity index (χ4v) is 2.28. The number of carboxylic acids is 1. The van der Waals surface area contributed by atoms with E-state index in [0.717, 1.165) is 5.56 Å². The van der Waals surface area contributed by atoms with Gasteiger partial charge in [0, 0.05) is 0 Å². The van der Waals surface area contributed by atoms with Crippen LogP contribution >= 0.6 is 34.8 Å². The number of hydrogen-bond donors (Lipinski definition) is 1. The molecule has 0 fully saturated rings. The van der Waals surface area contributed by atoms with Gasteiger partial charge in [-0.05, 0) is 36.8 Å². The Hall–Kier alpha value is -1.49. The number of aryl methyl sites for hydroxylation is 1. The summed E-state index contributed by atoms with van der Waals surface area (Å²) >= 11 is 17.8. The molecule has 0 unspecified atom stereocenters. The third-order valence-corrected chi connectivity index (χ3v) is 3.89. The summed E-state index contributed by atoms with van der Waals surface area (Å²) in [4.78, 5) is 15.0. The van der Waals surface area contributed by atoms with Crippen LogP contribution in [-0.2, 0) is 6.61 Å². The first-order valence-corrected chi connectivity index (χ1v) is 6.99. The zero-order valence-corrected chi connectivity index (χ0v) is 13.1. The first-order chi connectivity index (χ1) is 9.88. The van der Waals surface area contributed by atoms with Crippen LogP contribution in [0, 0.1) is 6.92 Å². The molecule has 0 saturated carbocycles. The number of carbonyl (C=O) groups is 1. The number of carboxylic acid groups (broad SMARTS) is 1. The lowest BCUT2D eigenvalue weighted by Crippen LogP contribution is -2.06. The van der Waals surface area contributed by atoms with Crippen molar-refractivity contribution in [2.45, 2.75) is 13.5 Å². The molecule has 0 aliphatic heterocycles. The predicted molar refractivity (Wildman–Crippen MR) is 81.7 cm³/mol. The van der Waals surface area contributed by atoms with Gasteiger partial charge in [-0.1, -0.05) is 34.8 Å². The Morgan fingerprint density at radius 1 is 1.24 bits per heavy atom. The Bertz CT molecular complexity index is 704. The number of rotatable bonds is 4. The highest BCUT2D eigenvalue weighted by Gasteiger charge is 2.12. The maximum absolute atomic E-state index is 11.0. The van der Waals surface area contributed by atoms with Crippen LogP contribution in [0.15, 0.2) is 24.3 Å². The van der Waals surface area contributed by atoms with Gasteiger partial charge in [-0.25, -0.2) is 9.78 Å². The molecule has 1 heterocycles. The van der Waals surface area contributed by atoms with Gasteiger partial charge in [-0.2, -0.15) is 0 Å². The van der Waals surface area contributed by atoms with E-state index in [1.165, 1.54) is 6.07 Å². The van der Waals surface area contributed by atoms with E-state index in [4.69, 9.17) is 44.6 Å². The highest BCUT2D eigenvalue weighted by atomic mass is 35.5. The van der Waals surface area contributed by atoms with Crippen LogP contribution in [0.5, 0.6) is 5.75 Å². The minimum absolute atomic E-state index is 0.0335. The standard InChI is InChI=1S/C14H10Cl3NO3/c1-7-4-8(18-10(5-7)14(19)20)6-21-11-3-2-9(15)12(16)13(11)17/h2-5H,6H2,1H3,(H,19,20). The molecule has 1 N–H and O–H groups in total. The van der Waals surface area contributed by atoms with E-state index in [1.54, 1.807) is 25.1 Å². The second-order valence-corrected chi connectivity index (χ2v) is 5.45. The molecule has 0 saturated heterocycles. The van der Waals surface area contributed by atoms with E-state index in [-0.39, 0.29) is 22.3 Å². The van der Waals surface area contributed by atoms with E-state index < -0.39 is 5.97 Å². The van der Waals surface area contributed by atoms with Crippen LogP contribution < -0.4 is 4.74 Å². The predicted octanol–water partition coefficient (Wildman–Crippen LogP) is 4.63. The van der Waals surface area contributed by atoms with Crippen molar-refractivity contribution in [3.63, 3.8) is 0 Å². The molecule has 21 heavy (non-hydrogen) atoms. The minimum Gasteiger partial charge on any atom is -0.486 e. The van der Waals surface area contributed by atoms with Gasteiger partial charge in [-0.3, -0.25) is 0 Å². The molecular weight excluding hydrogens is 337 g/mol. The summed E-state index contributed by atoms with van der Waals surface area (Å²) in [5.74, 6) is -0.737. The monoisotopic (exact) mass is 345 g/mol. The Morgan fingerprint density at radius 3 is 2.62 bits per heavy atom. The van der Waals surface area contributed by atoms with Crippen molar-refractivity contribution < 1.29 is 14.6 Å². The fourth-order valence-electron chi connectivity index (χ4n) is 1.69. The minimum atomic E-state index is -1.09. The van der Waals surface area contributed by atoms with Gasteiger partial charge in [0.05, 0.1) is 15.7 Å². The molecule has 0 aliphatic carbocycles. The second kappa shape index (κ2) is 6.52. The van der Waals surface area contributed by atoms with Crippen molar-refractivity contribution in [2.75, 3.05) is 0 Å². The van der Waals surface area contributed by atoms with E-state index in [1.807, 2.05) is 0 Å². The number of benzene rings is 1. The third-order valence-electron chi connectivity index (χ3n) is 2.62. The highest BCUT2D eigenvalue weighted by Crippen LogP contribution is 2.37. The number of pyridine rings is 1. The number of halogens is 3. The largest absolute Gasteiger partial charge is 0.486 e. The van der Waals surface area contributed by atoms with Gasteiger partial charge in [0.25, 0.3) is 0 Å². The van der Waals surface area contributed by atoms with E-state index in [9.17, 15) is 4.79 Å². The van der Waals surface area contributed by atoms with Crippen LogP contribution in [0.1, 0.15) is 21.7 Å². The van der Waals surface area contributed by atoms with Crippen LogP contribution in [0.4, 0.5) is 0 Å². The Morgan fingerprint density at radius 2 is 1.95 bits per heavy atom. The molecular formula is C14H10Cl3NO3. The molecule has 110 valence electrons. The summed E-state index contributed by atoms with van der Waals surface area (Å²) in [5.41, 5.74) is 1.23. The zero-order valence-electron chi connectivity index (χ0n) is 10.9. The third kappa shape index (κ3) is 3.79. The molecule has 1 aromatic heterocycles. The quantitative estimate of drug-likeness (QED) is 0.820. The first-order valence-electron chi connectivity index (χ1n) is 5.85. The molecule has 0 amide bonds. The van der Waals surface area contributed by atoms with E-state index >= 15 is 0 Å². The summed E-state index contributed by atoms with van der Waals surface area (Å²) in [7, 11) is 0. The first kappa shape index (κ1) is 15.9. The van der Waals surface area contributed by atoms with Crippen molar-refractivity contribution in [1.29, 1.82) is 0 Å². The average Bonchev–Trinajstić information content (AvgIpc) is 2.43. The number of aromatic nitrogens is 1. The SMILES string of the molecule is Cc1cc(COc2ccc(Cl)c(Cl)c2Cl)nc(C(=O)O)c1. The normalized spacial score (nSPS) is 10.5. The van der Waals surface area contributed by atoms with Gasteiger partial charge in [-0.15, -0.1) is 0 Å². The summed E-state index contributed by atoms with van der Waals surface area (Å²) in [6.07, 6.45) is 0. The summed E-state index contributed by atoms with van der Waals surface area (Å²) < 4.78 is 5.52. The highest BCUT2D eigenvalue weighted by molar-refractivity contribution is 6.48. The maximum Gasteiger partial charge on any atom is 0.354 e. The van der Waals surface area contributed by atoms with E-state index in [2.05, 4.69) is 4.98 Å². The second-order valence-electron chi connectivity index (χ2n) is 4.29. The molecule has 1 aromatic carbocycles. The summed E-state index contributed by atoms with van der Waals surface area (Å²) in [5, 5.41) is 9.71. The topological polar surface area (TPSA) is 59.4 Å². The number of ether oxygens (including phenoxy) is 1. The molecule has 0 bridgehead atoms. The summed E-state index contributed by atoms with van der Waals surface area (Å²) in [6, 6.07) is 6.37. The van der Waals surface area contributed by atoms with Crippen LogP contribution in [-0.4, -0.2) is 16.1 Å². The lowest BCUT2D eigenvalue weighted by molar-refractivity contribution is 0.0689. The lowest BCUT2D eigenvalue weighted by Gasteiger charge is -2.10. The molecule has 2 aromatic rings. The molecule has 0 radical (unpaired) electrons.